The topological polar surface area (TPSA) is 231 Å². The second-order valence-electron chi connectivity index (χ2n) is 25.1. The Morgan fingerprint density at radius 3 is 0.946 bits per heavy atom. The Bertz CT molecular complexity index is 1990. The second kappa shape index (κ2) is 68.9. The van der Waals surface area contributed by atoms with Crippen LogP contribution in [0.15, 0.2) is 72.9 Å². The van der Waals surface area contributed by atoms with Gasteiger partial charge in [0.25, 0.3) is 0 Å². The highest BCUT2D eigenvalue weighted by atomic mass is 31.2. The van der Waals surface area contributed by atoms with Gasteiger partial charge in [-0.05, 0) is 83.5 Å². The number of rotatable bonds is 71. The largest absolute Gasteiger partial charge is 0.472 e. The lowest BCUT2D eigenvalue weighted by Gasteiger charge is -2.21. The van der Waals surface area contributed by atoms with Crippen LogP contribution in [0.3, 0.4) is 0 Å². The molecule has 0 bridgehead atoms. The summed E-state index contributed by atoms with van der Waals surface area (Å²) < 4.78 is 60.8. The fourth-order valence-electron chi connectivity index (χ4n) is 10.2. The number of hydrogen-bond acceptors (Lipinski definition) is 14. The van der Waals surface area contributed by atoms with E-state index in [2.05, 4.69) is 93.7 Å². The predicted octanol–water partition coefficient (Wildman–Crippen LogP) is 21.1. The molecule has 5 unspecified atom stereocenters. The van der Waals surface area contributed by atoms with Crippen molar-refractivity contribution in [2.75, 3.05) is 39.6 Å². The van der Waals surface area contributed by atoms with Crippen LogP contribution in [0.5, 0.6) is 0 Å². The van der Waals surface area contributed by atoms with E-state index in [1.165, 1.54) is 161 Å². The van der Waals surface area contributed by atoms with Crippen molar-refractivity contribution in [1.82, 2.24) is 0 Å². The maximum absolute atomic E-state index is 12.8. The van der Waals surface area contributed by atoms with Crippen molar-refractivity contribution >= 4 is 33.6 Å². The number of phosphoric ester groups is 2. The van der Waals surface area contributed by atoms with Gasteiger partial charge in [-0.2, -0.15) is 0 Å². The summed E-state index contributed by atoms with van der Waals surface area (Å²) in [6.07, 6.45) is 74.2. The molecule has 18 heteroatoms. The minimum absolute atomic E-state index is 0.0992. The Labute approximate surface area is 566 Å². The van der Waals surface area contributed by atoms with Crippen LogP contribution in [0.4, 0.5) is 0 Å². The van der Waals surface area contributed by atoms with E-state index in [1.54, 1.807) is 0 Å². The van der Waals surface area contributed by atoms with Gasteiger partial charge in [0, 0.05) is 19.3 Å². The fourth-order valence-corrected chi connectivity index (χ4v) is 11.8. The molecule has 0 aromatic carbocycles. The van der Waals surface area contributed by atoms with Crippen molar-refractivity contribution in [2.45, 2.75) is 347 Å². The van der Waals surface area contributed by atoms with Gasteiger partial charge in [-0.1, -0.05) is 299 Å². The van der Waals surface area contributed by atoms with Gasteiger partial charge in [-0.3, -0.25) is 32.5 Å². The molecule has 0 aliphatic rings. The highest BCUT2D eigenvalue weighted by molar-refractivity contribution is 7.47. The molecular weight excluding hydrogens is 1220 g/mol. The van der Waals surface area contributed by atoms with Gasteiger partial charge in [-0.15, -0.1) is 0 Å². The number of aliphatic hydroxyl groups is 2. The molecule has 542 valence electrons. The van der Waals surface area contributed by atoms with Gasteiger partial charge in [0.05, 0.1) is 26.4 Å². The van der Waals surface area contributed by atoms with E-state index in [4.69, 9.17) is 32.3 Å². The van der Waals surface area contributed by atoms with Crippen molar-refractivity contribution in [3.8, 4) is 0 Å². The second-order valence-corrected chi connectivity index (χ2v) is 28.0. The van der Waals surface area contributed by atoms with Gasteiger partial charge in [-0.25, -0.2) is 9.13 Å². The van der Waals surface area contributed by atoms with Crippen LogP contribution in [0.2, 0.25) is 0 Å². The third-order valence-electron chi connectivity index (χ3n) is 15.9. The third kappa shape index (κ3) is 70.1. The lowest BCUT2D eigenvalue weighted by atomic mass is 10.0. The predicted molar refractivity (Wildman–Crippen MR) is 381 cm³/mol. The molecule has 0 aromatic rings. The number of carbonyl (C=O) groups excluding carboxylic acids is 3. The number of hydrogen-bond donors (Lipinski definition) is 4. The standard InChI is InChI=1S/C75H136O16P2/c1-4-7-10-13-16-19-22-24-25-26-27-28-29-30-31-32-33-34-35-36-37-38-39-40-41-42-43-45-48-49-52-55-58-61-73(78)85-64-70(76)65-87-92(81,82)88-66-71(77)67-89-93(83,84)90-69-72(91-75(80)63-60-57-54-51-46-21-18-15-12-9-6-3)68-86-74(79)62-59-56-53-50-47-44-23-20-17-14-11-8-5-2/h7,10,15-16,18-19,24-25,27-28,30-31,70-72,76-77H,4-6,8-9,11-14,17,20-23,26,29,32-69H2,1-3H3,(H,81,82)(H,83,84)/b10-7-,18-15-,19-16-,25-24-,28-27-,31-30-. The number of carbonyl (C=O) groups is 3. The average Bonchev–Trinajstić information content (AvgIpc) is 3.07. The van der Waals surface area contributed by atoms with Crippen molar-refractivity contribution in [3.63, 3.8) is 0 Å². The number of aliphatic hydroxyl groups excluding tert-OH is 2. The summed E-state index contributed by atoms with van der Waals surface area (Å²) in [6.45, 7) is 2.54. The number of unbranched alkanes of at least 4 members (excludes halogenated alkanes) is 36. The van der Waals surface area contributed by atoms with E-state index in [1.807, 2.05) is 0 Å². The molecule has 0 rings (SSSR count). The van der Waals surface area contributed by atoms with E-state index < -0.39 is 91.5 Å². The van der Waals surface area contributed by atoms with Crippen molar-refractivity contribution in [1.29, 1.82) is 0 Å². The Morgan fingerprint density at radius 2 is 0.581 bits per heavy atom. The monoisotopic (exact) mass is 1350 g/mol. The summed E-state index contributed by atoms with van der Waals surface area (Å²) in [5, 5.41) is 20.6. The Morgan fingerprint density at radius 1 is 0.312 bits per heavy atom. The number of ether oxygens (including phenoxy) is 3. The minimum Gasteiger partial charge on any atom is -0.463 e. The minimum atomic E-state index is -4.91. The molecule has 0 amide bonds. The summed E-state index contributed by atoms with van der Waals surface area (Å²) in [6, 6.07) is 0. The van der Waals surface area contributed by atoms with Crippen LogP contribution in [-0.2, 0) is 55.8 Å². The Kier molecular flexibility index (Phi) is 66.7. The zero-order valence-electron chi connectivity index (χ0n) is 58.9. The number of phosphoric acid groups is 2. The summed E-state index contributed by atoms with van der Waals surface area (Å²) in [5.74, 6) is -1.57. The summed E-state index contributed by atoms with van der Waals surface area (Å²) >= 11 is 0. The normalized spacial score (nSPS) is 14.5. The van der Waals surface area contributed by atoms with Crippen molar-refractivity contribution < 1.29 is 75.8 Å². The molecule has 0 aliphatic heterocycles. The Hall–Kier alpha value is -3.01. The van der Waals surface area contributed by atoms with Crippen molar-refractivity contribution in [3.05, 3.63) is 72.9 Å². The summed E-state index contributed by atoms with van der Waals surface area (Å²) in [7, 11) is -9.76. The molecule has 0 saturated carbocycles. The molecular formula is C75H136O16P2. The number of allylic oxidation sites excluding steroid dienone is 12. The smallest absolute Gasteiger partial charge is 0.463 e. The van der Waals surface area contributed by atoms with E-state index in [-0.39, 0.29) is 19.3 Å². The van der Waals surface area contributed by atoms with E-state index in [0.717, 1.165) is 109 Å². The summed E-state index contributed by atoms with van der Waals surface area (Å²) in [5.41, 5.74) is 0. The van der Waals surface area contributed by atoms with E-state index >= 15 is 0 Å². The lowest BCUT2D eigenvalue weighted by molar-refractivity contribution is -0.161. The molecule has 0 saturated heterocycles. The van der Waals surface area contributed by atoms with Gasteiger partial charge >= 0.3 is 33.6 Å². The fraction of sp³-hybridized carbons (Fsp3) is 0.800. The number of esters is 3. The molecule has 0 aliphatic carbocycles. The molecule has 5 atom stereocenters. The first kappa shape index (κ1) is 90.0. The zero-order valence-corrected chi connectivity index (χ0v) is 60.7. The third-order valence-corrected chi connectivity index (χ3v) is 17.8. The highest BCUT2D eigenvalue weighted by Crippen LogP contribution is 2.45. The Balaban J connectivity index is 4.27. The molecule has 0 fully saturated rings. The van der Waals surface area contributed by atoms with Crippen LogP contribution in [-0.4, -0.2) is 95.9 Å². The van der Waals surface area contributed by atoms with Crippen LogP contribution in [0.25, 0.3) is 0 Å². The van der Waals surface area contributed by atoms with E-state index in [9.17, 15) is 43.5 Å². The van der Waals surface area contributed by atoms with Crippen LogP contribution < -0.4 is 0 Å². The highest BCUT2D eigenvalue weighted by Gasteiger charge is 2.29. The first-order valence-corrected chi connectivity index (χ1v) is 40.2. The van der Waals surface area contributed by atoms with Crippen LogP contribution >= 0.6 is 15.6 Å². The van der Waals surface area contributed by atoms with Gasteiger partial charge in [0.1, 0.15) is 25.4 Å². The molecule has 4 N–H and O–H groups in total. The van der Waals surface area contributed by atoms with Crippen LogP contribution in [0.1, 0.15) is 329 Å². The molecule has 93 heavy (non-hydrogen) atoms. The van der Waals surface area contributed by atoms with Gasteiger partial charge < -0.3 is 34.2 Å². The molecule has 0 radical (unpaired) electrons. The quantitative estimate of drug-likeness (QED) is 0.0146. The summed E-state index contributed by atoms with van der Waals surface area (Å²) in [4.78, 5) is 58.3. The average molecular weight is 1360 g/mol. The first-order valence-electron chi connectivity index (χ1n) is 37.2. The zero-order chi connectivity index (χ0) is 68.1. The molecule has 16 nitrogen and oxygen atoms in total. The van der Waals surface area contributed by atoms with Crippen LogP contribution in [0, 0.1) is 0 Å². The maximum Gasteiger partial charge on any atom is 0.472 e. The van der Waals surface area contributed by atoms with E-state index in [0.29, 0.717) is 19.3 Å². The molecule has 0 spiro atoms. The van der Waals surface area contributed by atoms with Crippen molar-refractivity contribution in [2.24, 2.45) is 0 Å². The maximum atomic E-state index is 12.8. The van der Waals surface area contributed by atoms with Gasteiger partial charge in [0.2, 0.25) is 0 Å². The lowest BCUT2D eigenvalue weighted by Crippen LogP contribution is -2.30. The van der Waals surface area contributed by atoms with Gasteiger partial charge in [0.15, 0.2) is 6.10 Å². The first-order chi connectivity index (χ1) is 45.2. The SMILES string of the molecule is CC/C=C\C/C=C\C/C=C\C/C=C\C/C=C\CCCCCCCCCCCCCCCCCCCC(=O)OCC(O)COP(=O)(O)OCC(O)COP(=O)(O)OCC(COC(=O)CCCCCCCCCCCCCCC)OC(=O)CCCCCCC/C=C\CCCC. The molecule has 0 heterocycles. The molecule has 0 aromatic heterocycles.